The van der Waals surface area contributed by atoms with E-state index in [1.807, 2.05) is 0 Å². The second-order valence-electron chi connectivity index (χ2n) is 0.204. The van der Waals surface area contributed by atoms with Gasteiger partial charge in [0.25, 0.3) is 0 Å². The van der Waals surface area contributed by atoms with Gasteiger partial charge in [-0.3, -0.25) is 0 Å². The third-order valence-corrected chi connectivity index (χ3v) is 0. The monoisotopic (exact) mass is 115 g/mol. The molecule has 0 fully saturated rings. The van der Waals surface area contributed by atoms with Crippen LogP contribution in [0.3, 0.4) is 0 Å². The molecular weight excluding hydrogens is 112 g/mol. The fraction of sp³-hybridized carbons (Fsp3) is 0. The van der Waals surface area contributed by atoms with Crippen molar-refractivity contribution in [2.75, 3.05) is 0 Å². The standard InChI is InChI=1S/CH3.Cr.3O/h1H3;;;;/q-1;;;;. The Morgan fingerprint density at radius 1 is 1.00 bits per heavy atom. The van der Waals surface area contributed by atoms with Crippen molar-refractivity contribution < 1.29 is 25.4 Å². The Morgan fingerprint density at radius 3 is 1.00 bits per heavy atom. The van der Waals surface area contributed by atoms with E-state index in [1.54, 1.807) is 0 Å². The summed E-state index contributed by atoms with van der Waals surface area (Å²) in [6.45, 7) is 0. The van der Waals surface area contributed by atoms with Crippen molar-refractivity contribution in [3.63, 3.8) is 0 Å². The second kappa shape index (κ2) is 3.93. The van der Waals surface area contributed by atoms with Crippen LogP contribution in [0, 0.1) is 7.43 Å². The van der Waals surface area contributed by atoms with E-state index in [9.17, 15) is 0 Å². The molecule has 3 nitrogen and oxygen atoms in total. The SMILES string of the molecule is [CH3-].[O]=[Cr](=[O])=[O]. The molecule has 0 aromatic heterocycles. The van der Waals surface area contributed by atoms with E-state index in [1.165, 1.54) is 0 Å². The zero-order chi connectivity index (χ0) is 3.58. The van der Waals surface area contributed by atoms with Crippen LogP contribution in [-0.2, 0) is 25.4 Å². The summed E-state index contributed by atoms with van der Waals surface area (Å²) in [5.41, 5.74) is 0. The van der Waals surface area contributed by atoms with Gasteiger partial charge in [-0.15, -0.1) is 0 Å². The molecule has 0 aromatic rings. The quantitative estimate of drug-likeness (QED) is 0.420. The molecule has 4 heteroatoms. The summed E-state index contributed by atoms with van der Waals surface area (Å²) in [5.74, 6) is 0. The van der Waals surface area contributed by atoms with Crippen LogP contribution >= 0.6 is 0 Å². The summed E-state index contributed by atoms with van der Waals surface area (Å²) in [6, 6.07) is 0. The van der Waals surface area contributed by atoms with Gasteiger partial charge in [-0.1, -0.05) is 0 Å². The first-order valence-corrected chi connectivity index (χ1v) is 2.06. The Kier molecular flexibility index (Phi) is 6.98. The third-order valence-electron chi connectivity index (χ3n) is 0. The molecule has 0 saturated carbocycles. The van der Waals surface area contributed by atoms with Gasteiger partial charge >= 0.3 is 25.4 Å². The van der Waals surface area contributed by atoms with E-state index in [2.05, 4.69) is 0 Å². The topological polar surface area (TPSA) is 51.2 Å². The van der Waals surface area contributed by atoms with Crippen LogP contribution in [0.5, 0.6) is 0 Å². The second-order valence-corrected chi connectivity index (χ2v) is 0.842. The first kappa shape index (κ1) is 8.87. The van der Waals surface area contributed by atoms with Gasteiger partial charge in [0.2, 0.25) is 0 Å². The average molecular weight is 115 g/mol. The summed E-state index contributed by atoms with van der Waals surface area (Å²) in [5, 5.41) is 0. The van der Waals surface area contributed by atoms with Crippen molar-refractivity contribution in [2.24, 2.45) is 0 Å². The van der Waals surface area contributed by atoms with E-state index in [0.717, 1.165) is 0 Å². The normalized spacial score (nSPS) is 4.80. The van der Waals surface area contributed by atoms with Crippen LogP contribution < -0.4 is 0 Å². The summed E-state index contributed by atoms with van der Waals surface area (Å²) in [4.78, 5) is 0. The summed E-state index contributed by atoms with van der Waals surface area (Å²) < 4.78 is 25.6. The van der Waals surface area contributed by atoms with E-state index in [0.29, 0.717) is 0 Å². The fourth-order valence-electron chi connectivity index (χ4n) is 0. The van der Waals surface area contributed by atoms with E-state index in [4.69, 9.17) is 11.4 Å². The molecule has 5 heavy (non-hydrogen) atoms. The molecule has 0 unspecified atom stereocenters. The van der Waals surface area contributed by atoms with Crippen molar-refractivity contribution in [1.29, 1.82) is 0 Å². The summed E-state index contributed by atoms with van der Waals surface area (Å²) in [6.07, 6.45) is 0. The van der Waals surface area contributed by atoms with Gasteiger partial charge in [0.1, 0.15) is 0 Å². The molecule has 0 amide bonds. The predicted octanol–water partition coefficient (Wildman–Crippen LogP) is 0.0914. The number of hydrogen-bond donors (Lipinski definition) is 0. The Balaban J connectivity index is 0. The molecule has 0 aliphatic rings. The van der Waals surface area contributed by atoms with Gasteiger partial charge in [0.05, 0.1) is 0 Å². The van der Waals surface area contributed by atoms with Crippen LogP contribution in [-0.4, -0.2) is 0 Å². The molecule has 32 valence electrons. The Hall–Kier alpha value is -0.0675. The molecule has 0 heterocycles. The molecular formula is CH3CrO3-. The first-order valence-electron chi connectivity index (χ1n) is 0.500. The Bertz CT molecular complexity index is 76.3. The summed E-state index contributed by atoms with van der Waals surface area (Å²) >= 11 is -3.79. The minimum atomic E-state index is -3.79. The molecule has 0 bridgehead atoms. The molecule has 0 radical (unpaired) electrons. The van der Waals surface area contributed by atoms with Crippen LogP contribution in [0.4, 0.5) is 0 Å². The first-order chi connectivity index (χ1) is 1.73. The van der Waals surface area contributed by atoms with E-state index in [-0.39, 0.29) is 7.43 Å². The van der Waals surface area contributed by atoms with Crippen LogP contribution in [0.15, 0.2) is 0 Å². The molecule has 0 rings (SSSR count). The number of hydrogen-bond acceptors (Lipinski definition) is 3. The van der Waals surface area contributed by atoms with E-state index >= 15 is 0 Å². The maximum atomic E-state index is 8.54. The van der Waals surface area contributed by atoms with Crippen molar-refractivity contribution in [3.05, 3.63) is 7.43 Å². The van der Waals surface area contributed by atoms with Gasteiger partial charge in [-0.05, 0) is 0 Å². The molecule has 0 aromatic carbocycles. The number of rotatable bonds is 0. The van der Waals surface area contributed by atoms with Gasteiger partial charge in [0.15, 0.2) is 0 Å². The van der Waals surface area contributed by atoms with E-state index < -0.39 is 14.0 Å². The zero-order valence-electron chi connectivity index (χ0n) is 2.63. The molecule has 0 aliphatic heterocycles. The molecule has 0 N–H and O–H groups in total. The van der Waals surface area contributed by atoms with Crippen molar-refractivity contribution in [3.8, 4) is 0 Å². The van der Waals surface area contributed by atoms with Crippen molar-refractivity contribution in [2.45, 2.75) is 0 Å². The average Bonchev–Trinajstić information content (AvgIpc) is 0.811. The minimum absolute atomic E-state index is 0. The fourth-order valence-corrected chi connectivity index (χ4v) is 0. The van der Waals surface area contributed by atoms with Crippen LogP contribution in [0.25, 0.3) is 0 Å². The van der Waals surface area contributed by atoms with Crippen LogP contribution in [0.2, 0.25) is 0 Å². The molecule has 0 spiro atoms. The van der Waals surface area contributed by atoms with Gasteiger partial charge in [-0.25, -0.2) is 0 Å². The molecule has 0 saturated heterocycles. The Labute approximate surface area is 33.6 Å². The van der Waals surface area contributed by atoms with Crippen LogP contribution in [0.1, 0.15) is 0 Å². The maximum absolute atomic E-state index is 8.54. The summed E-state index contributed by atoms with van der Waals surface area (Å²) in [7, 11) is 0. The predicted molar refractivity (Wildman–Crippen MR) is 8.47 cm³/mol. The third kappa shape index (κ3) is 3220. The van der Waals surface area contributed by atoms with Crippen molar-refractivity contribution >= 4 is 0 Å². The Morgan fingerprint density at radius 2 is 1.00 bits per heavy atom. The van der Waals surface area contributed by atoms with Gasteiger partial charge < -0.3 is 7.43 Å². The van der Waals surface area contributed by atoms with Gasteiger partial charge in [-0.2, -0.15) is 0 Å². The van der Waals surface area contributed by atoms with Gasteiger partial charge in [0, 0.05) is 0 Å². The molecule has 0 aliphatic carbocycles. The zero-order valence-corrected chi connectivity index (χ0v) is 3.91. The molecule has 0 atom stereocenters. The van der Waals surface area contributed by atoms with Crippen molar-refractivity contribution in [1.82, 2.24) is 0 Å².